The minimum atomic E-state index is -0.408. The van der Waals surface area contributed by atoms with Crippen molar-refractivity contribution in [3.05, 3.63) is 59.9 Å². The average Bonchev–Trinajstić information content (AvgIpc) is 2.92. The maximum Gasteiger partial charge on any atom is 0.292 e. The minimum absolute atomic E-state index is 0.190. The molecule has 0 radical (unpaired) electrons. The van der Waals surface area contributed by atoms with Crippen LogP contribution in [0.15, 0.2) is 48.5 Å². The van der Waals surface area contributed by atoms with Gasteiger partial charge in [0.05, 0.1) is 25.3 Å². The molecule has 2 amide bonds. The molecule has 0 aliphatic carbocycles. The molecule has 1 atom stereocenters. The van der Waals surface area contributed by atoms with Crippen LogP contribution in [0.25, 0.3) is 0 Å². The zero-order valence-corrected chi connectivity index (χ0v) is 14.7. The van der Waals surface area contributed by atoms with E-state index in [9.17, 15) is 14.0 Å². The van der Waals surface area contributed by atoms with E-state index in [1.165, 1.54) is 17.0 Å². The van der Waals surface area contributed by atoms with Crippen LogP contribution in [0.1, 0.15) is 18.9 Å². The Morgan fingerprint density at radius 3 is 2.46 bits per heavy atom. The second-order valence-electron chi connectivity index (χ2n) is 6.21. The monoisotopic (exact) mass is 357 g/mol. The zero-order chi connectivity index (χ0) is 18.5. The van der Waals surface area contributed by atoms with Crippen LogP contribution >= 0.6 is 0 Å². The molecule has 2 aromatic carbocycles. The number of hydrogen-bond donors (Lipinski definition) is 1. The second kappa shape index (κ2) is 8.10. The number of nitrogens with two attached hydrogens (primary N) is 1. The topological polar surface area (TPSA) is 63.2 Å². The zero-order valence-electron chi connectivity index (χ0n) is 14.7. The fraction of sp³-hybridized carbons (Fsp3) is 0.300. The van der Waals surface area contributed by atoms with Gasteiger partial charge < -0.3 is 10.1 Å². The summed E-state index contributed by atoms with van der Waals surface area (Å²) < 4.78 is 18.3. The molecule has 0 saturated carbocycles. The number of benzene rings is 2. The van der Waals surface area contributed by atoms with E-state index in [2.05, 4.69) is 0 Å². The number of quaternary nitrogens is 1. The molecule has 136 valence electrons. The van der Waals surface area contributed by atoms with Crippen molar-refractivity contribution in [2.45, 2.75) is 25.8 Å². The Kier molecular flexibility index (Phi) is 5.63. The quantitative estimate of drug-likeness (QED) is 0.767. The molecule has 3 rings (SSSR count). The molecular weight excluding hydrogens is 335 g/mol. The Morgan fingerprint density at radius 1 is 1.12 bits per heavy atom. The molecule has 5 nitrogen and oxygen atoms in total. The highest BCUT2D eigenvalue weighted by Gasteiger charge is 2.42. The molecule has 0 aromatic heterocycles. The van der Waals surface area contributed by atoms with Crippen molar-refractivity contribution in [1.82, 2.24) is 0 Å². The first-order chi connectivity index (χ1) is 12.6. The lowest BCUT2D eigenvalue weighted by atomic mass is 10.1. The Bertz CT molecular complexity index is 775. The van der Waals surface area contributed by atoms with Gasteiger partial charge >= 0.3 is 0 Å². The summed E-state index contributed by atoms with van der Waals surface area (Å²) in [6, 6.07) is 12.9. The number of halogens is 1. The number of amides is 2. The predicted molar refractivity (Wildman–Crippen MR) is 95.4 cm³/mol. The summed E-state index contributed by atoms with van der Waals surface area (Å²) in [4.78, 5) is 26.1. The third-order valence-corrected chi connectivity index (χ3v) is 4.38. The third kappa shape index (κ3) is 4.08. The number of ether oxygens (including phenoxy) is 1. The van der Waals surface area contributed by atoms with Gasteiger partial charge in [-0.2, -0.15) is 0 Å². The van der Waals surface area contributed by atoms with Crippen LogP contribution in [0.3, 0.4) is 0 Å². The van der Waals surface area contributed by atoms with Gasteiger partial charge in [-0.25, -0.2) is 9.29 Å². The van der Waals surface area contributed by atoms with Crippen molar-refractivity contribution in [3.8, 4) is 5.75 Å². The molecule has 1 aliphatic heterocycles. The largest absolute Gasteiger partial charge is 0.494 e. The number of carbonyl (C=O) groups excluding carboxylic acids is 2. The molecule has 2 N–H and O–H groups in total. The van der Waals surface area contributed by atoms with Crippen molar-refractivity contribution >= 4 is 17.5 Å². The highest BCUT2D eigenvalue weighted by Crippen LogP contribution is 2.24. The fourth-order valence-corrected chi connectivity index (χ4v) is 3.07. The van der Waals surface area contributed by atoms with Gasteiger partial charge in [-0.3, -0.25) is 9.59 Å². The van der Waals surface area contributed by atoms with Crippen molar-refractivity contribution in [3.63, 3.8) is 0 Å². The summed E-state index contributed by atoms with van der Waals surface area (Å²) in [6.45, 7) is 3.12. The molecule has 26 heavy (non-hydrogen) atoms. The standard InChI is InChI=1S/C20H21FN2O3/c1-2-26-17-9-7-16(8-10-17)23-19(24)13-18(20(23)25)22-12-11-14-3-5-15(21)6-4-14/h3-10,18,22H,2,11-13H2,1H3/p+1/t18-/m1/s1. The van der Waals surface area contributed by atoms with Gasteiger partial charge in [-0.1, -0.05) is 12.1 Å². The van der Waals surface area contributed by atoms with Crippen LogP contribution in [0, 0.1) is 5.82 Å². The Morgan fingerprint density at radius 2 is 1.81 bits per heavy atom. The van der Waals surface area contributed by atoms with Crippen LogP contribution in [0.4, 0.5) is 10.1 Å². The Hall–Kier alpha value is -2.73. The van der Waals surface area contributed by atoms with Crippen LogP contribution < -0.4 is 15.0 Å². The van der Waals surface area contributed by atoms with Gasteiger partial charge in [0.25, 0.3) is 5.91 Å². The number of carbonyl (C=O) groups is 2. The second-order valence-corrected chi connectivity index (χ2v) is 6.21. The van der Waals surface area contributed by atoms with Gasteiger partial charge in [0.1, 0.15) is 11.6 Å². The van der Waals surface area contributed by atoms with Gasteiger partial charge in [-0.05, 0) is 48.9 Å². The van der Waals surface area contributed by atoms with Crippen molar-refractivity contribution in [2.24, 2.45) is 0 Å². The number of imide groups is 1. The van der Waals surface area contributed by atoms with Gasteiger partial charge in [0, 0.05) is 6.42 Å². The molecule has 1 aliphatic rings. The number of rotatable bonds is 7. The average molecular weight is 357 g/mol. The van der Waals surface area contributed by atoms with E-state index in [0.717, 1.165) is 5.56 Å². The summed E-state index contributed by atoms with van der Waals surface area (Å²) in [5.41, 5.74) is 1.57. The molecule has 2 aromatic rings. The fourth-order valence-electron chi connectivity index (χ4n) is 3.07. The molecule has 1 fully saturated rings. The molecular formula is C20H22FN2O3+. The summed E-state index contributed by atoms with van der Waals surface area (Å²) in [7, 11) is 0. The lowest BCUT2D eigenvalue weighted by Crippen LogP contribution is -2.92. The third-order valence-electron chi connectivity index (χ3n) is 4.38. The van der Waals surface area contributed by atoms with E-state index >= 15 is 0 Å². The lowest BCUT2D eigenvalue weighted by molar-refractivity contribution is -0.674. The first kappa shape index (κ1) is 18.1. The maximum atomic E-state index is 12.9. The highest BCUT2D eigenvalue weighted by molar-refractivity contribution is 6.21. The van der Waals surface area contributed by atoms with Crippen LogP contribution in [0.5, 0.6) is 5.75 Å². The van der Waals surface area contributed by atoms with E-state index in [0.29, 0.717) is 31.0 Å². The number of anilines is 1. The first-order valence-electron chi connectivity index (χ1n) is 8.76. The van der Waals surface area contributed by atoms with Gasteiger partial charge in [0.15, 0.2) is 6.04 Å². The number of hydrogen-bond acceptors (Lipinski definition) is 3. The lowest BCUT2D eigenvalue weighted by Gasteiger charge is -2.15. The van der Waals surface area contributed by atoms with Crippen molar-refractivity contribution in [2.75, 3.05) is 18.1 Å². The van der Waals surface area contributed by atoms with Crippen LogP contribution in [-0.2, 0) is 16.0 Å². The van der Waals surface area contributed by atoms with Crippen molar-refractivity contribution < 1.29 is 24.0 Å². The van der Waals surface area contributed by atoms with E-state index in [1.54, 1.807) is 36.4 Å². The molecule has 6 heteroatoms. The molecule has 0 spiro atoms. The van der Waals surface area contributed by atoms with E-state index < -0.39 is 6.04 Å². The van der Waals surface area contributed by atoms with E-state index in [-0.39, 0.29) is 24.1 Å². The predicted octanol–water partition coefficient (Wildman–Crippen LogP) is 1.66. The Labute approximate surface area is 151 Å². The van der Waals surface area contributed by atoms with Crippen molar-refractivity contribution in [1.29, 1.82) is 0 Å². The van der Waals surface area contributed by atoms with Crippen LogP contribution in [-0.4, -0.2) is 31.0 Å². The molecule has 1 saturated heterocycles. The highest BCUT2D eigenvalue weighted by atomic mass is 19.1. The smallest absolute Gasteiger partial charge is 0.292 e. The van der Waals surface area contributed by atoms with E-state index in [1.807, 2.05) is 12.2 Å². The molecule has 0 unspecified atom stereocenters. The van der Waals surface area contributed by atoms with Crippen LogP contribution in [0.2, 0.25) is 0 Å². The van der Waals surface area contributed by atoms with Gasteiger partial charge in [-0.15, -0.1) is 0 Å². The molecule has 1 heterocycles. The summed E-state index contributed by atoms with van der Waals surface area (Å²) in [6.07, 6.45) is 0.900. The minimum Gasteiger partial charge on any atom is -0.494 e. The first-order valence-corrected chi connectivity index (χ1v) is 8.76. The number of nitrogens with zero attached hydrogens (tertiary/aromatic N) is 1. The summed E-state index contributed by atoms with van der Waals surface area (Å²) in [5.74, 6) is 0.0542. The normalized spacial score (nSPS) is 17.0. The maximum absolute atomic E-state index is 12.9. The Balaban J connectivity index is 1.58. The SMILES string of the molecule is CCOc1ccc(N2C(=O)C[C@@H]([NH2+]CCc3ccc(F)cc3)C2=O)cc1. The summed E-state index contributed by atoms with van der Waals surface area (Å²) in [5, 5.41) is 1.89. The summed E-state index contributed by atoms with van der Waals surface area (Å²) >= 11 is 0. The molecule has 0 bridgehead atoms. The van der Waals surface area contributed by atoms with Gasteiger partial charge in [0.2, 0.25) is 5.91 Å². The van der Waals surface area contributed by atoms with E-state index in [4.69, 9.17) is 4.74 Å².